The minimum absolute atomic E-state index is 0.471. The van der Waals surface area contributed by atoms with E-state index >= 15 is 0 Å². The molecule has 2 aromatic rings. The second-order valence-electron chi connectivity index (χ2n) is 5.40. The maximum Gasteiger partial charge on any atom is 0.232 e. The third kappa shape index (κ3) is 1.99. The van der Waals surface area contributed by atoms with Crippen molar-refractivity contribution >= 4 is 22.7 Å². The number of benzene rings is 1. The van der Waals surface area contributed by atoms with E-state index in [9.17, 15) is 9.59 Å². The van der Waals surface area contributed by atoms with E-state index in [1.165, 1.54) is 0 Å². The fourth-order valence-electron chi connectivity index (χ4n) is 3.34. The SMILES string of the molecule is Cn1c2c(c3ccccc31)CCNC2C(C(N)=O)C(N)=O. The summed E-state index contributed by atoms with van der Waals surface area (Å²) in [6, 6.07) is 7.56. The Labute approximate surface area is 122 Å². The standard InChI is InChI=1S/C15H18N4O2/c1-19-10-5-3-2-4-8(10)9-6-7-18-12(13(9)19)11(14(16)20)15(17)21/h2-5,11-12,18H,6-7H2,1H3,(H2,16,20)(H2,17,21). The summed E-state index contributed by atoms with van der Waals surface area (Å²) in [4.78, 5) is 23.3. The Morgan fingerprint density at radius 2 is 1.95 bits per heavy atom. The summed E-state index contributed by atoms with van der Waals surface area (Å²) < 4.78 is 2.01. The van der Waals surface area contributed by atoms with E-state index in [-0.39, 0.29) is 0 Å². The summed E-state index contributed by atoms with van der Waals surface area (Å²) >= 11 is 0. The lowest BCUT2D eigenvalue weighted by molar-refractivity contribution is -0.133. The van der Waals surface area contributed by atoms with Gasteiger partial charge >= 0.3 is 0 Å². The van der Waals surface area contributed by atoms with Crippen LogP contribution >= 0.6 is 0 Å². The van der Waals surface area contributed by atoms with Crippen LogP contribution < -0.4 is 16.8 Å². The number of amides is 2. The smallest absolute Gasteiger partial charge is 0.232 e. The number of nitrogens with one attached hydrogen (secondary N) is 1. The number of hydrogen-bond donors (Lipinski definition) is 3. The largest absolute Gasteiger partial charge is 0.369 e. The van der Waals surface area contributed by atoms with Crippen LogP contribution in [-0.2, 0) is 23.1 Å². The number of aryl methyl sites for hydroxylation is 1. The van der Waals surface area contributed by atoms with E-state index in [1.54, 1.807) is 0 Å². The van der Waals surface area contributed by atoms with Gasteiger partial charge in [-0.3, -0.25) is 9.59 Å². The van der Waals surface area contributed by atoms with Crippen molar-refractivity contribution < 1.29 is 9.59 Å². The van der Waals surface area contributed by atoms with Gasteiger partial charge in [-0.05, 0) is 24.6 Å². The van der Waals surface area contributed by atoms with Gasteiger partial charge in [-0.1, -0.05) is 18.2 Å². The van der Waals surface area contributed by atoms with Crippen LogP contribution in [-0.4, -0.2) is 22.9 Å². The quantitative estimate of drug-likeness (QED) is 0.689. The Morgan fingerprint density at radius 1 is 1.29 bits per heavy atom. The molecule has 2 amide bonds. The molecule has 0 aliphatic carbocycles. The Hall–Kier alpha value is -2.34. The molecule has 1 unspecified atom stereocenters. The Balaban J connectivity index is 2.22. The fourth-order valence-corrected chi connectivity index (χ4v) is 3.34. The molecule has 6 heteroatoms. The van der Waals surface area contributed by atoms with Crippen LogP contribution in [0.3, 0.4) is 0 Å². The first-order valence-electron chi connectivity index (χ1n) is 6.90. The van der Waals surface area contributed by atoms with E-state index in [0.29, 0.717) is 6.54 Å². The molecule has 1 aliphatic heterocycles. The second kappa shape index (κ2) is 4.89. The first kappa shape index (κ1) is 13.6. The van der Waals surface area contributed by atoms with Gasteiger partial charge in [0.1, 0.15) is 5.92 Å². The molecule has 0 fully saturated rings. The maximum atomic E-state index is 11.6. The number of para-hydroxylation sites is 1. The zero-order valence-electron chi connectivity index (χ0n) is 11.8. The summed E-state index contributed by atoms with van der Waals surface area (Å²) in [6.07, 6.45) is 0.845. The van der Waals surface area contributed by atoms with Gasteiger partial charge in [0.15, 0.2) is 0 Å². The van der Waals surface area contributed by atoms with Crippen molar-refractivity contribution in [1.82, 2.24) is 9.88 Å². The van der Waals surface area contributed by atoms with Crippen molar-refractivity contribution in [2.45, 2.75) is 12.5 Å². The molecule has 0 bridgehead atoms. The Bertz CT molecular complexity index is 721. The lowest BCUT2D eigenvalue weighted by Crippen LogP contribution is -2.47. The van der Waals surface area contributed by atoms with Crippen molar-refractivity contribution in [1.29, 1.82) is 0 Å². The molecule has 21 heavy (non-hydrogen) atoms. The van der Waals surface area contributed by atoms with Crippen molar-refractivity contribution in [3.8, 4) is 0 Å². The first-order chi connectivity index (χ1) is 10.0. The fraction of sp³-hybridized carbons (Fsp3) is 0.333. The molecular weight excluding hydrogens is 268 g/mol. The minimum Gasteiger partial charge on any atom is -0.369 e. The van der Waals surface area contributed by atoms with Gasteiger partial charge in [-0.15, -0.1) is 0 Å². The van der Waals surface area contributed by atoms with Crippen LogP contribution in [0.4, 0.5) is 0 Å². The summed E-state index contributed by atoms with van der Waals surface area (Å²) in [6.45, 7) is 0.683. The number of carbonyl (C=O) groups is 2. The van der Waals surface area contributed by atoms with Crippen LogP contribution in [0.25, 0.3) is 10.9 Å². The average Bonchev–Trinajstić information content (AvgIpc) is 2.73. The highest BCUT2D eigenvalue weighted by molar-refractivity contribution is 6.00. The summed E-state index contributed by atoms with van der Waals surface area (Å²) in [5.74, 6) is -2.44. The summed E-state index contributed by atoms with van der Waals surface area (Å²) in [5.41, 5.74) is 13.9. The third-order valence-corrected chi connectivity index (χ3v) is 4.24. The average molecular weight is 286 g/mol. The number of rotatable bonds is 3. The van der Waals surface area contributed by atoms with Crippen LogP contribution in [0.15, 0.2) is 24.3 Å². The second-order valence-corrected chi connectivity index (χ2v) is 5.40. The zero-order valence-corrected chi connectivity index (χ0v) is 11.8. The zero-order chi connectivity index (χ0) is 15.1. The van der Waals surface area contributed by atoms with Gasteiger partial charge in [0, 0.05) is 23.6 Å². The molecule has 3 rings (SSSR count). The first-order valence-corrected chi connectivity index (χ1v) is 6.90. The number of carbonyl (C=O) groups excluding carboxylic acids is 2. The van der Waals surface area contributed by atoms with Gasteiger partial charge in [-0.25, -0.2) is 0 Å². The number of fused-ring (bicyclic) bond motifs is 3. The number of nitrogens with zero attached hydrogens (tertiary/aromatic N) is 1. The highest BCUT2D eigenvalue weighted by atomic mass is 16.2. The lowest BCUT2D eigenvalue weighted by Gasteiger charge is -2.29. The van der Waals surface area contributed by atoms with E-state index in [0.717, 1.165) is 28.6 Å². The molecule has 1 aromatic heterocycles. The van der Waals surface area contributed by atoms with Crippen molar-refractivity contribution in [2.75, 3.05) is 6.54 Å². The van der Waals surface area contributed by atoms with E-state index < -0.39 is 23.8 Å². The van der Waals surface area contributed by atoms with Crippen LogP contribution in [0.1, 0.15) is 17.3 Å². The van der Waals surface area contributed by atoms with Gasteiger partial charge < -0.3 is 21.4 Å². The molecule has 2 heterocycles. The summed E-state index contributed by atoms with van der Waals surface area (Å²) in [5, 5.41) is 4.36. The topological polar surface area (TPSA) is 103 Å². The van der Waals surface area contributed by atoms with Crippen molar-refractivity contribution in [3.05, 3.63) is 35.5 Å². The molecule has 5 N–H and O–H groups in total. The van der Waals surface area contributed by atoms with Gasteiger partial charge in [0.2, 0.25) is 11.8 Å². The molecule has 1 aliphatic rings. The molecule has 0 saturated carbocycles. The van der Waals surface area contributed by atoms with Gasteiger partial charge in [-0.2, -0.15) is 0 Å². The molecule has 110 valence electrons. The van der Waals surface area contributed by atoms with Gasteiger partial charge in [0.25, 0.3) is 0 Å². The number of primary amides is 2. The third-order valence-electron chi connectivity index (χ3n) is 4.24. The lowest BCUT2D eigenvalue weighted by atomic mass is 9.89. The molecule has 0 spiro atoms. The molecule has 1 aromatic carbocycles. The number of nitrogens with two attached hydrogens (primary N) is 2. The minimum atomic E-state index is -1.05. The van der Waals surface area contributed by atoms with Crippen molar-refractivity contribution in [3.63, 3.8) is 0 Å². The highest BCUT2D eigenvalue weighted by Crippen LogP contribution is 2.35. The predicted octanol–water partition coefficient (Wildman–Crippen LogP) is -0.0481. The van der Waals surface area contributed by atoms with E-state index in [1.807, 2.05) is 29.8 Å². The number of aromatic nitrogens is 1. The van der Waals surface area contributed by atoms with E-state index in [2.05, 4.69) is 11.4 Å². The van der Waals surface area contributed by atoms with Crippen LogP contribution in [0.2, 0.25) is 0 Å². The number of hydrogen-bond acceptors (Lipinski definition) is 3. The predicted molar refractivity (Wildman–Crippen MR) is 79.2 cm³/mol. The van der Waals surface area contributed by atoms with Crippen molar-refractivity contribution in [2.24, 2.45) is 24.4 Å². The monoisotopic (exact) mass is 286 g/mol. The molecule has 0 radical (unpaired) electrons. The maximum absolute atomic E-state index is 11.6. The molecule has 1 atom stereocenters. The molecule has 0 saturated heterocycles. The normalized spacial score (nSPS) is 17.9. The Kier molecular flexibility index (Phi) is 3.17. The van der Waals surface area contributed by atoms with E-state index in [4.69, 9.17) is 11.5 Å². The summed E-state index contributed by atoms with van der Waals surface area (Å²) in [7, 11) is 1.93. The molecular formula is C15H18N4O2. The van der Waals surface area contributed by atoms with Gasteiger partial charge in [0.05, 0.1) is 6.04 Å². The Morgan fingerprint density at radius 3 is 2.62 bits per heavy atom. The molecule has 6 nitrogen and oxygen atoms in total. The van der Waals surface area contributed by atoms with Crippen LogP contribution in [0, 0.1) is 5.92 Å². The highest BCUT2D eigenvalue weighted by Gasteiger charge is 2.38. The van der Waals surface area contributed by atoms with Crippen LogP contribution in [0.5, 0.6) is 0 Å².